The largest absolute Gasteiger partial charge is 0.323 e. The molecule has 0 aliphatic carbocycles. The van der Waals surface area contributed by atoms with Gasteiger partial charge in [0.1, 0.15) is 11.6 Å². The van der Waals surface area contributed by atoms with Crippen LogP contribution in [0.4, 0.5) is 14.5 Å². The lowest BCUT2D eigenvalue weighted by Crippen LogP contribution is -2.23. The van der Waals surface area contributed by atoms with Gasteiger partial charge in [-0.3, -0.25) is 4.79 Å². The first-order valence-electron chi connectivity index (χ1n) is 7.15. The summed E-state index contributed by atoms with van der Waals surface area (Å²) in [5.74, 6) is -1.10. The standard InChI is InChI=1S/C18H17F2NOS/c1-13(23-11-5-8-14-6-3-2-4-7-14)18(22)21-17-10-9-15(19)12-16(17)20/h2-10,12-13H,11H2,1H3,(H,21,22)/b8-5+. The maximum atomic E-state index is 13.5. The second-order valence-corrected chi connectivity index (χ2v) is 6.28. The van der Waals surface area contributed by atoms with E-state index in [2.05, 4.69) is 5.32 Å². The Kier molecular flexibility index (Phi) is 6.35. The van der Waals surface area contributed by atoms with E-state index in [0.29, 0.717) is 5.75 Å². The van der Waals surface area contributed by atoms with E-state index in [1.165, 1.54) is 17.8 Å². The van der Waals surface area contributed by atoms with Gasteiger partial charge in [-0.05, 0) is 24.6 Å². The van der Waals surface area contributed by atoms with E-state index in [4.69, 9.17) is 0 Å². The number of benzene rings is 2. The third-order valence-electron chi connectivity index (χ3n) is 3.11. The summed E-state index contributed by atoms with van der Waals surface area (Å²) in [5, 5.41) is 2.12. The van der Waals surface area contributed by atoms with Gasteiger partial charge in [0.05, 0.1) is 10.9 Å². The van der Waals surface area contributed by atoms with Crippen molar-refractivity contribution in [3.63, 3.8) is 0 Å². The predicted molar refractivity (Wildman–Crippen MR) is 92.4 cm³/mol. The predicted octanol–water partition coefficient (Wildman–Crippen LogP) is 4.74. The van der Waals surface area contributed by atoms with Crippen LogP contribution in [0.5, 0.6) is 0 Å². The number of anilines is 1. The van der Waals surface area contributed by atoms with E-state index in [-0.39, 0.29) is 16.8 Å². The minimum Gasteiger partial charge on any atom is -0.323 e. The summed E-state index contributed by atoms with van der Waals surface area (Å²) in [5.41, 5.74) is 1.09. The van der Waals surface area contributed by atoms with Crippen LogP contribution in [0, 0.1) is 11.6 Å². The second kappa shape index (κ2) is 8.48. The van der Waals surface area contributed by atoms with Gasteiger partial charge in [0.25, 0.3) is 0 Å². The van der Waals surface area contributed by atoms with Crippen molar-refractivity contribution in [2.24, 2.45) is 0 Å². The van der Waals surface area contributed by atoms with Gasteiger partial charge in [-0.1, -0.05) is 42.5 Å². The number of hydrogen-bond donors (Lipinski definition) is 1. The van der Waals surface area contributed by atoms with Crippen molar-refractivity contribution in [2.75, 3.05) is 11.1 Å². The van der Waals surface area contributed by atoms with E-state index in [1.54, 1.807) is 6.92 Å². The molecular weight excluding hydrogens is 316 g/mol. The van der Waals surface area contributed by atoms with Crippen molar-refractivity contribution in [2.45, 2.75) is 12.2 Å². The quantitative estimate of drug-likeness (QED) is 0.827. The summed E-state index contributed by atoms with van der Waals surface area (Å²) < 4.78 is 26.3. The summed E-state index contributed by atoms with van der Waals surface area (Å²) in [6.07, 6.45) is 3.96. The fourth-order valence-electron chi connectivity index (χ4n) is 1.85. The summed E-state index contributed by atoms with van der Waals surface area (Å²) in [7, 11) is 0. The zero-order chi connectivity index (χ0) is 16.7. The van der Waals surface area contributed by atoms with Crippen LogP contribution in [-0.2, 0) is 4.79 Å². The van der Waals surface area contributed by atoms with E-state index in [9.17, 15) is 13.6 Å². The normalized spacial score (nSPS) is 12.3. The minimum atomic E-state index is -0.778. The first-order valence-corrected chi connectivity index (χ1v) is 8.20. The molecule has 0 aliphatic heterocycles. The average molecular weight is 333 g/mol. The van der Waals surface area contributed by atoms with Crippen molar-refractivity contribution >= 4 is 29.4 Å². The van der Waals surface area contributed by atoms with Gasteiger partial charge in [0, 0.05) is 11.8 Å². The van der Waals surface area contributed by atoms with Crippen LogP contribution >= 0.6 is 11.8 Å². The summed E-state index contributed by atoms with van der Waals surface area (Å²) in [6, 6.07) is 12.9. The summed E-state index contributed by atoms with van der Waals surface area (Å²) in [4.78, 5) is 12.0. The molecule has 2 aromatic carbocycles. The Balaban J connectivity index is 1.82. The monoisotopic (exact) mass is 333 g/mol. The molecule has 1 amide bonds. The van der Waals surface area contributed by atoms with E-state index >= 15 is 0 Å². The Morgan fingerprint density at radius 3 is 2.65 bits per heavy atom. The van der Waals surface area contributed by atoms with Gasteiger partial charge in [0.2, 0.25) is 5.91 Å². The van der Waals surface area contributed by atoms with Crippen molar-refractivity contribution in [3.8, 4) is 0 Å². The lowest BCUT2D eigenvalue weighted by molar-refractivity contribution is -0.115. The van der Waals surface area contributed by atoms with E-state index in [0.717, 1.165) is 17.7 Å². The highest BCUT2D eigenvalue weighted by molar-refractivity contribution is 8.00. The molecule has 0 bridgehead atoms. The maximum Gasteiger partial charge on any atom is 0.237 e. The highest BCUT2D eigenvalue weighted by Gasteiger charge is 2.14. The third-order valence-corrected chi connectivity index (χ3v) is 4.21. The molecule has 2 aromatic rings. The first kappa shape index (κ1) is 17.2. The van der Waals surface area contributed by atoms with Gasteiger partial charge in [-0.2, -0.15) is 0 Å². The van der Waals surface area contributed by atoms with Crippen LogP contribution in [0.2, 0.25) is 0 Å². The molecule has 0 fully saturated rings. The maximum absolute atomic E-state index is 13.5. The number of carbonyl (C=O) groups is 1. The van der Waals surface area contributed by atoms with Gasteiger partial charge in [0.15, 0.2) is 0 Å². The molecule has 0 spiro atoms. The van der Waals surface area contributed by atoms with Crippen LogP contribution in [0.1, 0.15) is 12.5 Å². The molecule has 0 saturated heterocycles. The average Bonchev–Trinajstić information content (AvgIpc) is 2.55. The Hall–Kier alpha value is -2.14. The Morgan fingerprint density at radius 1 is 1.22 bits per heavy atom. The third kappa shape index (κ3) is 5.53. The molecule has 0 aromatic heterocycles. The number of halogens is 2. The molecule has 1 N–H and O–H groups in total. The fourth-order valence-corrected chi connectivity index (χ4v) is 2.56. The molecular formula is C18H17F2NOS. The topological polar surface area (TPSA) is 29.1 Å². The molecule has 1 atom stereocenters. The number of hydrogen-bond acceptors (Lipinski definition) is 2. The lowest BCUT2D eigenvalue weighted by Gasteiger charge is -2.11. The molecule has 0 aliphatic rings. The van der Waals surface area contributed by atoms with Crippen molar-refractivity contribution in [1.29, 1.82) is 0 Å². The van der Waals surface area contributed by atoms with Crippen molar-refractivity contribution in [1.82, 2.24) is 0 Å². The van der Waals surface area contributed by atoms with Gasteiger partial charge < -0.3 is 5.32 Å². The van der Waals surface area contributed by atoms with Gasteiger partial charge in [-0.15, -0.1) is 11.8 Å². The zero-order valence-corrected chi connectivity index (χ0v) is 13.4. The Morgan fingerprint density at radius 2 is 1.96 bits per heavy atom. The molecule has 5 heteroatoms. The van der Waals surface area contributed by atoms with Crippen LogP contribution in [0.15, 0.2) is 54.6 Å². The Labute approximate surface area is 138 Å². The highest BCUT2D eigenvalue weighted by atomic mass is 32.2. The van der Waals surface area contributed by atoms with Crippen molar-refractivity contribution in [3.05, 3.63) is 71.8 Å². The number of amides is 1. The molecule has 2 rings (SSSR count). The molecule has 23 heavy (non-hydrogen) atoms. The SMILES string of the molecule is CC(SC/C=C/c1ccccc1)C(=O)Nc1ccc(F)cc1F. The van der Waals surface area contributed by atoms with E-state index < -0.39 is 11.6 Å². The second-order valence-electron chi connectivity index (χ2n) is 4.90. The van der Waals surface area contributed by atoms with Crippen LogP contribution in [-0.4, -0.2) is 16.9 Å². The number of nitrogens with one attached hydrogen (secondary N) is 1. The van der Waals surface area contributed by atoms with Crippen LogP contribution in [0.25, 0.3) is 6.08 Å². The van der Waals surface area contributed by atoms with E-state index in [1.807, 2.05) is 42.5 Å². The number of rotatable bonds is 6. The molecule has 1 unspecified atom stereocenters. The zero-order valence-electron chi connectivity index (χ0n) is 12.6. The highest BCUT2D eigenvalue weighted by Crippen LogP contribution is 2.18. The number of carbonyl (C=O) groups excluding carboxylic acids is 1. The van der Waals surface area contributed by atoms with Gasteiger partial charge >= 0.3 is 0 Å². The molecule has 2 nitrogen and oxygen atoms in total. The molecule has 120 valence electrons. The molecule has 0 radical (unpaired) electrons. The smallest absolute Gasteiger partial charge is 0.237 e. The van der Waals surface area contributed by atoms with Gasteiger partial charge in [-0.25, -0.2) is 8.78 Å². The van der Waals surface area contributed by atoms with Crippen LogP contribution in [0.3, 0.4) is 0 Å². The molecule has 0 heterocycles. The number of thioether (sulfide) groups is 1. The summed E-state index contributed by atoms with van der Waals surface area (Å²) >= 11 is 1.44. The lowest BCUT2D eigenvalue weighted by atomic mass is 10.2. The fraction of sp³-hybridized carbons (Fsp3) is 0.167. The first-order chi connectivity index (χ1) is 11.1. The summed E-state index contributed by atoms with van der Waals surface area (Å²) in [6.45, 7) is 1.75. The minimum absolute atomic E-state index is 0.0105. The molecule has 0 saturated carbocycles. The van der Waals surface area contributed by atoms with Crippen LogP contribution < -0.4 is 5.32 Å². The van der Waals surface area contributed by atoms with Crippen molar-refractivity contribution < 1.29 is 13.6 Å². The Bertz CT molecular complexity index is 689.